The van der Waals surface area contributed by atoms with Crippen molar-refractivity contribution in [1.29, 1.82) is 0 Å². The number of hydrogen-bond acceptors (Lipinski definition) is 4. The highest BCUT2D eigenvalue weighted by atomic mass is 16.5. The first-order valence-corrected chi connectivity index (χ1v) is 6.76. The molecule has 1 aromatic heterocycles. The molecule has 4 heteroatoms. The molecule has 0 radical (unpaired) electrons. The Balaban J connectivity index is 2.28. The third-order valence-electron chi connectivity index (χ3n) is 3.26. The zero-order valence-corrected chi connectivity index (χ0v) is 12.1. The van der Waals surface area contributed by atoms with Gasteiger partial charge in [-0.15, -0.1) is 0 Å². The number of aryl methyl sites for hydroxylation is 1. The van der Waals surface area contributed by atoms with Crippen molar-refractivity contribution in [1.82, 2.24) is 0 Å². The average Bonchev–Trinajstić information content (AvgIpc) is 2.98. The van der Waals surface area contributed by atoms with Crippen LogP contribution >= 0.6 is 0 Å². The van der Waals surface area contributed by atoms with Gasteiger partial charge >= 0.3 is 0 Å². The molecule has 2 rings (SSSR count). The van der Waals surface area contributed by atoms with Gasteiger partial charge in [0.05, 0.1) is 13.4 Å². The predicted molar refractivity (Wildman–Crippen MR) is 78.1 cm³/mol. The highest BCUT2D eigenvalue weighted by Gasteiger charge is 2.24. The van der Waals surface area contributed by atoms with Gasteiger partial charge in [-0.05, 0) is 43.2 Å². The maximum Gasteiger partial charge on any atom is 0.171 e. The van der Waals surface area contributed by atoms with Crippen molar-refractivity contribution in [2.75, 3.05) is 7.11 Å². The van der Waals surface area contributed by atoms with Crippen LogP contribution in [0.25, 0.3) is 0 Å². The smallest absolute Gasteiger partial charge is 0.171 e. The quantitative estimate of drug-likeness (QED) is 0.877. The second-order valence-electron chi connectivity index (χ2n) is 4.78. The molecule has 0 aliphatic rings. The summed E-state index contributed by atoms with van der Waals surface area (Å²) in [5.41, 5.74) is 7.27. The number of benzene rings is 1. The lowest BCUT2D eigenvalue weighted by molar-refractivity contribution is 0.139. The first-order chi connectivity index (χ1) is 9.65. The maximum atomic E-state index is 6.15. The third kappa shape index (κ3) is 3.14. The lowest BCUT2D eigenvalue weighted by Gasteiger charge is -2.23. The van der Waals surface area contributed by atoms with Gasteiger partial charge in [-0.3, -0.25) is 0 Å². The van der Waals surface area contributed by atoms with Gasteiger partial charge in [0.2, 0.25) is 0 Å². The molecule has 20 heavy (non-hydrogen) atoms. The van der Waals surface area contributed by atoms with Gasteiger partial charge in [0.1, 0.15) is 5.76 Å². The van der Waals surface area contributed by atoms with Crippen molar-refractivity contribution in [3.63, 3.8) is 0 Å². The minimum Gasteiger partial charge on any atom is -0.493 e. The number of ether oxygens (including phenoxy) is 2. The van der Waals surface area contributed by atoms with E-state index in [2.05, 4.69) is 0 Å². The number of furan rings is 1. The molecule has 0 aliphatic heterocycles. The molecule has 0 saturated heterocycles. The molecule has 2 atom stereocenters. The van der Waals surface area contributed by atoms with Crippen LogP contribution in [0.1, 0.15) is 30.8 Å². The van der Waals surface area contributed by atoms with Crippen LogP contribution in [0, 0.1) is 6.92 Å². The lowest BCUT2D eigenvalue weighted by atomic mass is 10.1. The van der Waals surface area contributed by atoms with E-state index < -0.39 is 0 Å². The van der Waals surface area contributed by atoms with Crippen LogP contribution in [0.5, 0.6) is 11.5 Å². The van der Waals surface area contributed by atoms with E-state index in [4.69, 9.17) is 19.6 Å². The van der Waals surface area contributed by atoms with Crippen LogP contribution in [-0.4, -0.2) is 13.2 Å². The van der Waals surface area contributed by atoms with E-state index in [1.54, 1.807) is 13.4 Å². The Bertz CT molecular complexity index is 537. The van der Waals surface area contributed by atoms with Crippen LogP contribution in [0.2, 0.25) is 0 Å². The van der Waals surface area contributed by atoms with Crippen molar-refractivity contribution >= 4 is 0 Å². The Morgan fingerprint density at radius 3 is 2.65 bits per heavy atom. The highest BCUT2D eigenvalue weighted by Crippen LogP contribution is 2.33. The van der Waals surface area contributed by atoms with Crippen LogP contribution in [0.3, 0.4) is 0 Å². The summed E-state index contributed by atoms with van der Waals surface area (Å²) in [6.45, 7) is 4.03. The standard InChI is InChI=1S/C16H21NO3/c1-4-12(17)16(14-6-5-9-19-14)20-13-8-7-11(2)10-15(13)18-3/h5-10,12,16H,4,17H2,1-3H3. The molecule has 0 amide bonds. The highest BCUT2D eigenvalue weighted by molar-refractivity contribution is 5.42. The number of methoxy groups -OCH3 is 1. The summed E-state index contributed by atoms with van der Waals surface area (Å²) in [6, 6.07) is 9.38. The third-order valence-corrected chi connectivity index (χ3v) is 3.26. The lowest BCUT2D eigenvalue weighted by Crippen LogP contribution is -2.31. The molecular weight excluding hydrogens is 254 g/mol. The second kappa shape index (κ2) is 6.48. The second-order valence-corrected chi connectivity index (χ2v) is 4.78. The molecule has 0 saturated carbocycles. The summed E-state index contributed by atoms with van der Waals surface area (Å²) in [7, 11) is 1.63. The molecule has 2 aromatic rings. The molecule has 0 aliphatic carbocycles. The van der Waals surface area contributed by atoms with E-state index in [-0.39, 0.29) is 12.1 Å². The molecule has 0 fully saturated rings. The van der Waals surface area contributed by atoms with Crippen molar-refractivity contribution in [3.8, 4) is 11.5 Å². The maximum absolute atomic E-state index is 6.15. The number of rotatable bonds is 6. The van der Waals surface area contributed by atoms with Gasteiger partial charge in [-0.25, -0.2) is 0 Å². The summed E-state index contributed by atoms with van der Waals surface area (Å²) in [6.07, 6.45) is 2.09. The van der Waals surface area contributed by atoms with Crippen molar-refractivity contribution in [3.05, 3.63) is 47.9 Å². The Morgan fingerprint density at radius 2 is 2.05 bits per heavy atom. The number of nitrogens with two attached hydrogens (primary N) is 1. The minimum atomic E-state index is -0.327. The molecule has 1 heterocycles. The summed E-state index contributed by atoms with van der Waals surface area (Å²) < 4.78 is 16.8. The monoisotopic (exact) mass is 275 g/mol. The first kappa shape index (κ1) is 14.5. The van der Waals surface area contributed by atoms with Crippen molar-refractivity contribution in [2.45, 2.75) is 32.4 Å². The molecule has 0 bridgehead atoms. The first-order valence-electron chi connectivity index (χ1n) is 6.76. The summed E-state index contributed by atoms with van der Waals surface area (Å²) in [5.74, 6) is 2.09. The van der Waals surface area contributed by atoms with Crippen molar-refractivity contribution < 1.29 is 13.9 Å². The SMILES string of the molecule is CCC(N)C(Oc1ccc(C)cc1OC)c1ccco1. The van der Waals surface area contributed by atoms with Crippen LogP contribution in [-0.2, 0) is 0 Å². The van der Waals surface area contributed by atoms with Gasteiger partial charge in [-0.2, -0.15) is 0 Å². The zero-order chi connectivity index (χ0) is 14.5. The van der Waals surface area contributed by atoms with Gasteiger partial charge < -0.3 is 19.6 Å². The van der Waals surface area contributed by atoms with E-state index in [0.717, 1.165) is 17.7 Å². The Labute approximate surface area is 119 Å². The van der Waals surface area contributed by atoms with E-state index in [1.165, 1.54) is 0 Å². The van der Waals surface area contributed by atoms with Crippen molar-refractivity contribution in [2.24, 2.45) is 5.73 Å². The van der Waals surface area contributed by atoms with E-state index >= 15 is 0 Å². The van der Waals surface area contributed by atoms with E-state index in [9.17, 15) is 0 Å². The van der Waals surface area contributed by atoms with E-state index in [0.29, 0.717) is 11.5 Å². The fourth-order valence-electron chi connectivity index (χ4n) is 2.03. The normalized spacial score (nSPS) is 13.8. The van der Waals surface area contributed by atoms with Crippen LogP contribution in [0.15, 0.2) is 41.0 Å². The largest absolute Gasteiger partial charge is 0.493 e. The topological polar surface area (TPSA) is 57.6 Å². The molecular formula is C16H21NO3. The zero-order valence-electron chi connectivity index (χ0n) is 12.1. The van der Waals surface area contributed by atoms with Gasteiger partial charge in [0.15, 0.2) is 17.6 Å². The molecule has 2 N–H and O–H groups in total. The number of hydrogen-bond donors (Lipinski definition) is 1. The van der Waals surface area contributed by atoms with Crippen LogP contribution in [0.4, 0.5) is 0 Å². The van der Waals surface area contributed by atoms with Gasteiger partial charge in [0.25, 0.3) is 0 Å². The fourth-order valence-corrected chi connectivity index (χ4v) is 2.03. The van der Waals surface area contributed by atoms with E-state index in [1.807, 2.05) is 44.2 Å². The molecule has 108 valence electrons. The molecule has 4 nitrogen and oxygen atoms in total. The van der Waals surface area contributed by atoms with Gasteiger partial charge in [0, 0.05) is 6.04 Å². The molecule has 1 aromatic carbocycles. The average molecular weight is 275 g/mol. The fraction of sp³-hybridized carbons (Fsp3) is 0.375. The Kier molecular flexibility index (Phi) is 4.69. The molecule has 0 spiro atoms. The Morgan fingerprint density at radius 1 is 1.25 bits per heavy atom. The van der Waals surface area contributed by atoms with Crippen LogP contribution < -0.4 is 15.2 Å². The predicted octanol–water partition coefficient (Wildman–Crippen LogP) is 3.45. The molecule has 2 unspecified atom stereocenters. The van der Waals surface area contributed by atoms with Gasteiger partial charge in [-0.1, -0.05) is 13.0 Å². The summed E-state index contributed by atoms with van der Waals surface area (Å²) in [5, 5.41) is 0. The minimum absolute atomic E-state index is 0.146. The summed E-state index contributed by atoms with van der Waals surface area (Å²) in [4.78, 5) is 0. The Hall–Kier alpha value is -1.94. The summed E-state index contributed by atoms with van der Waals surface area (Å²) >= 11 is 0.